The maximum absolute atomic E-state index is 12.3. The van der Waals surface area contributed by atoms with Gasteiger partial charge in [0.25, 0.3) is 0 Å². The van der Waals surface area contributed by atoms with E-state index in [4.69, 9.17) is 9.47 Å². The molecule has 3 rings (SSSR count). The molecule has 2 aliphatic rings. The van der Waals surface area contributed by atoms with Gasteiger partial charge in [-0.05, 0) is 76.1 Å². The number of aliphatic imine (C=N–C) groups is 1. The third kappa shape index (κ3) is 10.4. The van der Waals surface area contributed by atoms with Gasteiger partial charge in [0.05, 0.1) is 6.10 Å². The maximum Gasteiger partial charge on any atom is 0.224 e. The Morgan fingerprint density at radius 3 is 2.56 bits per heavy atom. The molecular weight excluding hydrogens is 519 g/mol. The van der Waals surface area contributed by atoms with Gasteiger partial charge in [0.1, 0.15) is 5.75 Å². The molecule has 2 fully saturated rings. The summed E-state index contributed by atoms with van der Waals surface area (Å²) >= 11 is 0. The number of rotatable bonds is 12. The molecule has 0 atom stereocenters. The van der Waals surface area contributed by atoms with Crippen molar-refractivity contribution in [1.29, 1.82) is 0 Å². The molecule has 1 aliphatic heterocycles. The molecule has 0 bridgehead atoms. The lowest BCUT2D eigenvalue weighted by Crippen LogP contribution is -2.35. The second kappa shape index (κ2) is 14.6. The number of halogens is 1. The average Bonchev–Trinajstić information content (AvgIpc) is 3.40. The third-order valence-electron chi connectivity index (χ3n) is 5.35. The molecule has 1 aromatic rings. The molecule has 1 aromatic carbocycles. The van der Waals surface area contributed by atoms with Crippen molar-refractivity contribution in [2.45, 2.75) is 58.5 Å². The lowest BCUT2D eigenvalue weighted by atomic mass is 10.3. The number of benzene rings is 1. The number of carbonyl (C=O) groups excluding carboxylic acids is 1. The Bertz CT molecular complexity index is 702. The number of hydrogen-bond acceptors (Lipinski definition) is 4. The Labute approximate surface area is 209 Å². The average molecular weight is 559 g/mol. The molecule has 0 radical (unpaired) electrons. The maximum atomic E-state index is 12.3. The van der Waals surface area contributed by atoms with Gasteiger partial charge in [0.15, 0.2) is 5.96 Å². The van der Waals surface area contributed by atoms with Crippen molar-refractivity contribution in [3.63, 3.8) is 0 Å². The predicted molar refractivity (Wildman–Crippen MR) is 140 cm³/mol. The van der Waals surface area contributed by atoms with E-state index >= 15 is 0 Å². The molecule has 0 aromatic heterocycles. The van der Waals surface area contributed by atoms with Crippen molar-refractivity contribution in [3.8, 4) is 5.75 Å². The van der Waals surface area contributed by atoms with Gasteiger partial charge in [0, 0.05) is 51.5 Å². The quantitative estimate of drug-likeness (QED) is 0.174. The van der Waals surface area contributed by atoms with E-state index in [0.717, 1.165) is 62.9 Å². The number of ether oxygens (including phenoxy) is 2. The number of hydrogen-bond donors (Lipinski definition) is 2. The summed E-state index contributed by atoms with van der Waals surface area (Å²) < 4.78 is 11.4. The minimum atomic E-state index is 0. The van der Waals surface area contributed by atoms with Crippen LogP contribution in [0.15, 0.2) is 29.3 Å². The largest absolute Gasteiger partial charge is 0.491 e. The number of amides is 1. The second-order valence-electron chi connectivity index (χ2n) is 8.68. The first-order valence-corrected chi connectivity index (χ1v) is 11.8. The summed E-state index contributed by atoms with van der Waals surface area (Å²) in [5.74, 6) is 2.54. The molecule has 1 aliphatic carbocycles. The SMILES string of the molecule is CC(C)Oc1ccc(NC(=NCCCOCC2CC2)NCCC(=O)N2CCCC2)cc1.I. The van der Waals surface area contributed by atoms with Gasteiger partial charge in [0.2, 0.25) is 5.91 Å². The van der Waals surface area contributed by atoms with Crippen molar-refractivity contribution in [1.82, 2.24) is 10.2 Å². The minimum absolute atomic E-state index is 0. The molecule has 8 heteroatoms. The Morgan fingerprint density at radius 1 is 1.19 bits per heavy atom. The van der Waals surface area contributed by atoms with E-state index in [-0.39, 0.29) is 36.0 Å². The molecule has 2 N–H and O–H groups in total. The van der Waals surface area contributed by atoms with Crippen molar-refractivity contribution in [3.05, 3.63) is 24.3 Å². The van der Waals surface area contributed by atoms with Crippen LogP contribution in [-0.2, 0) is 9.53 Å². The van der Waals surface area contributed by atoms with Crippen LogP contribution in [0.25, 0.3) is 0 Å². The van der Waals surface area contributed by atoms with Crippen LogP contribution in [-0.4, -0.2) is 62.3 Å². The van der Waals surface area contributed by atoms with E-state index < -0.39 is 0 Å². The summed E-state index contributed by atoms with van der Waals surface area (Å²) in [6, 6.07) is 7.84. The van der Waals surface area contributed by atoms with Crippen LogP contribution < -0.4 is 15.4 Å². The van der Waals surface area contributed by atoms with Crippen LogP contribution in [0.1, 0.15) is 52.4 Å². The van der Waals surface area contributed by atoms with Gasteiger partial charge in [-0.15, -0.1) is 24.0 Å². The predicted octanol–water partition coefficient (Wildman–Crippen LogP) is 4.28. The van der Waals surface area contributed by atoms with Crippen molar-refractivity contribution in [2.24, 2.45) is 10.9 Å². The van der Waals surface area contributed by atoms with Crippen molar-refractivity contribution < 1.29 is 14.3 Å². The molecule has 1 amide bonds. The summed E-state index contributed by atoms with van der Waals surface area (Å²) in [6.07, 6.45) is 6.37. The summed E-state index contributed by atoms with van der Waals surface area (Å²) in [4.78, 5) is 18.9. The minimum Gasteiger partial charge on any atom is -0.491 e. The first kappa shape index (κ1) is 26.7. The topological polar surface area (TPSA) is 75.2 Å². The second-order valence-corrected chi connectivity index (χ2v) is 8.68. The Morgan fingerprint density at radius 2 is 1.91 bits per heavy atom. The smallest absolute Gasteiger partial charge is 0.224 e. The fraction of sp³-hybridized carbons (Fsp3) is 0.667. The highest BCUT2D eigenvalue weighted by molar-refractivity contribution is 14.0. The Hall–Kier alpha value is -1.55. The fourth-order valence-electron chi connectivity index (χ4n) is 3.47. The van der Waals surface area contributed by atoms with Crippen LogP contribution in [0.5, 0.6) is 5.75 Å². The summed E-state index contributed by atoms with van der Waals surface area (Å²) in [5, 5.41) is 6.65. The number of likely N-dealkylation sites (tertiary alicyclic amines) is 1. The summed E-state index contributed by atoms with van der Waals surface area (Å²) in [7, 11) is 0. The lowest BCUT2D eigenvalue weighted by Gasteiger charge is -2.17. The number of nitrogens with one attached hydrogen (secondary N) is 2. The van der Waals surface area contributed by atoms with E-state index in [2.05, 4.69) is 15.6 Å². The number of guanidine groups is 1. The van der Waals surface area contributed by atoms with E-state index in [1.807, 2.05) is 43.0 Å². The zero-order valence-corrected chi connectivity index (χ0v) is 21.8. The third-order valence-corrected chi connectivity index (χ3v) is 5.35. The monoisotopic (exact) mass is 558 g/mol. The highest BCUT2D eigenvalue weighted by Crippen LogP contribution is 2.28. The number of carbonyl (C=O) groups is 1. The molecule has 7 nitrogen and oxygen atoms in total. The molecule has 1 saturated heterocycles. The molecular formula is C24H39IN4O3. The van der Waals surface area contributed by atoms with Crippen LogP contribution in [0, 0.1) is 5.92 Å². The molecule has 0 spiro atoms. The highest BCUT2D eigenvalue weighted by atomic mass is 127. The lowest BCUT2D eigenvalue weighted by molar-refractivity contribution is -0.129. The fourth-order valence-corrected chi connectivity index (χ4v) is 3.47. The van der Waals surface area contributed by atoms with E-state index in [9.17, 15) is 4.79 Å². The van der Waals surface area contributed by atoms with Crippen LogP contribution in [0.3, 0.4) is 0 Å². The molecule has 0 unspecified atom stereocenters. The van der Waals surface area contributed by atoms with Gasteiger partial charge in [-0.2, -0.15) is 0 Å². The van der Waals surface area contributed by atoms with E-state index in [1.54, 1.807) is 0 Å². The summed E-state index contributed by atoms with van der Waals surface area (Å²) in [5.41, 5.74) is 0.929. The standard InChI is InChI=1S/C24H38N4O3.HI/c1-19(2)31-22-10-8-21(9-11-22)27-24(25-13-5-17-30-18-20-6-7-20)26-14-12-23(29)28-15-3-4-16-28;/h8-11,19-20H,3-7,12-18H2,1-2H3,(H2,25,26,27);1H. The molecule has 32 heavy (non-hydrogen) atoms. The first-order chi connectivity index (χ1) is 15.1. The Kier molecular flexibility index (Phi) is 12.2. The van der Waals surface area contributed by atoms with Crippen LogP contribution in [0.2, 0.25) is 0 Å². The highest BCUT2D eigenvalue weighted by Gasteiger charge is 2.20. The number of anilines is 1. The van der Waals surface area contributed by atoms with Crippen molar-refractivity contribution >= 4 is 41.5 Å². The van der Waals surface area contributed by atoms with E-state index in [0.29, 0.717) is 25.5 Å². The normalized spacial score (nSPS) is 16.1. The van der Waals surface area contributed by atoms with Gasteiger partial charge in [-0.3, -0.25) is 9.79 Å². The molecule has 1 heterocycles. The molecule has 1 saturated carbocycles. The molecule has 180 valence electrons. The van der Waals surface area contributed by atoms with Gasteiger partial charge < -0.3 is 25.0 Å². The van der Waals surface area contributed by atoms with Crippen LogP contribution in [0.4, 0.5) is 5.69 Å². The first-order valence-electron chi connectivity index (χ1n) is 11.8. The zero-order chi connectivity index (χ0) is 21.9. The van der Waals surface area contributed by atoms with Gasteiger partial charge >= 0.3 is 0 Å². The Balaban J connectivity index is 0.00000363. The van der Waals surface area contributed by atoms with Gasteiger partial charge in [-0.25, -0.2) is 0 Å². The van der Waals surface area contributed by atoms with Crippen molar-refractivity contribution in [2.75, 3.05) is 44.7 Å². The van der Waals surface area contributed by atoms with Gasteiger partial charge in [-0.1, -0.05) is 0 Å². The zero-order valence-electron chi connectivity index (χ0n) is 19.5. The van der Waals surface area contributed by atoms with E-state index in [1.165, 1.54) is 12.8 Å². The number of nitrogens with zero attached hydrogens (tertiary/aromatic N) is 2. The summed E-state index contributed by atoms with van der Waals surface area (Å²) in [6.45, 7) is 8.67. The van der Waals surface area contributed by atoms with Crippen LogP contribution >= 0.6 is 24.0 Å².